The average Bonchev–Trinajstić information content (AvgIpc) is 2.88. The Morgan fingerprint density at radius 1 is 0.857 bits per heavy atom. The molecule has 0 saturated carbocycles. The van der Waals surface area contributed by atoms with Crippen LogP contribution in [0.2, 0.25) is 0 Å². The van der Waals surface area contributed by atoms with Crippen LogP contribution in [-0.4, -0.2) is 66.0 Å². The Bertz CT molecular complexity index is 1130. The fourth-order valence-electron chi connectivity index (χ4n) is 5.02. The summed E-state index contributed by atoms with van der Waals surface area (Å²) in [4.78, 5) is 48.2. The molecule has 6 heteroatoms. The largest absolute Gasteiger partial charge is 0.348 e. The lowest BCUT2D eigenvalue weighted by atomic mass is 9.68. The van der Waals surface area contributed by atoms with Gasteiger partial charge in [0.2, 0.25) is 5.91 Å². The highest BCUT2D eigenvalue weighted by Gasteiger charge is 2.45. The van der Waals surface area contributed by atoms with E-state index >= 15 is 0 Å². The number of carbonyl (C=O) groups is 3. The Labute approximate surface area is 206 Å². The van der Waals surface area contributed by atoms with Gasteiger partial charge in [0.25, 0.3) is 0 Å². The van der Waals surface area contributed by atoms with Crippen LogP contribution in [0.3, 0.4) is 0 Å². The smallest absolute Gasteiger partial charge is 0.236 e. The van der Waals surface area contributed by atoms with Crippen molar-refractivity contribution >= 4 is 17.5 Å². The minimum atomic E-state index is -0.486. The molecular weight excluding hydrogens is 438 g/mol. The van der Waals surface area contributed by atoms with E-state index in [2.05, 4.69) is 4.98 Å². The van der Waals surface area contributed by atoms with Gasteiger partial charge < -0.3 is 4.90 Å². The maximum absolute atomic E-state index is 13.9. The predicted octanol–water partition coefficient (Wildman–Crippen LogP) is 3.88. The summed E-state index contributed by atoms with van der Waals surface area (Å²) in [5.74, 6) is -1.39. The van der Waals surface area contributed by atoms with Crippen molar-refractivity contribution in [1.82, 2.24) is 14.8 Å². The molecule has 35 heavy (non-hydrogen) atoms. The van der Waals surface area contributed by atoms with Crippen LogP contribution >= 0.6 is 0 Å². The molecule has 1 aliphatic rings. The number of nitrogens with zero attached hydrogens (tertiary/aromatic N) is 3. The van der Waals surface area contributed by atoms with Crippen molar-refractivity contribution in [3.63, 3.8) is 0 Å². The second-order valence-corrected chi connectivity index (χ2v) is 9.41. The van der Waals surface area contributed by atoms with Gasteiger partial charge in [-0.3, -0.25) is 24.3 Å². The molecule has 2 aromatic carbocycles. The van der Waals surface area contributed by atoms with Crippen LogP contribution in [0.25, 0.3) is 0 Å². The zero-order valence-electron chi connectivity index (χ0n) is 20.4. The second kappa shape index (κ2) is 10.7. The average molecular weight is 470 g/mol. The Morgan fingerprint density at radius 2 is 1.37 bits per heavy atom. The minimum Gasteiger partial charge on any atom is -0.348 e. The highest BCUT2D eigenvalue weighted by molar-refractivity contribution is 6.02. The van der Waals surface area contributed by atoms with Crippen molar-refractivity contribution in [2.24, 2.45) is 11.8 Å². The summed E-state index contributed by atoms with van der Waals surface area (Å²) in [6.07, 6.45) is 3.50. The summed E-state index contributed by atoms with van der Waals surface area (Å²) >= 11 is 0. The fraction of sp³-hybridized carbons (Fsp3) is 0.310. The van der Waals surface area contributed by atoms with Crippen molar-refractivity contribution in [1.29, 1.82) is 0 Å². The third-order valence-corrected chi connectivity index (χ3v) is 6.85. The highest BCUT2D eigenvalue weighted by atomic mass is 16.2. The predicted molar refractivity (Wildman–Crippen MR) is 135 cm³/mol. The van der Waals surface area contributed by atoms with Crippen molar-refractivity contribution in [2.75, 3.05) is 33.7 Å². The van der Waals surface area contributed by atoms with Gasteiger partial charge in [-0.15, -0.1) is 0 Å². The van der Waals surface area contributed by atoms with Crippen LogP contribution in [0.15, 0.2) is 79.1 Å². The molecule has 0 spiro atoms. The Kier molecular flexibility index (Phi) is 7.51. The second-order valence-electron chi connectivity index (χ2n) is 9.41. The lowest BCUT2D eigenvalue weighted by Crippen LogP contribution is -2.52. The van der Waals surface area contributed by atoms with Gasteiger partial charge in [0, 0.05) is 68.5 Å². The minimum absolute atomic E-state index is 0.0142. The van der Waals surface area contributed by atoms with Crippen molar-refractivity contribution in [3.8, 4) is 0 Å². The van der Waals surface area contributed by atoms with Crippen LogP contribution in [0.4, 0.5) is 0 Å². The van der Waals surface area contributed by atoms with Gasteiger partial charge in [-0.1, -0.05) is 60.7 Å². The number of aryl methyl sites for hydroxylation is 1. The third-order valence-electron chi connectivity index (χ3n) is 6.85. The monoisotopic (exact) mass is 469 g/mol. The van der Waals surface area contributed by atoms with E-state index in [0.29, 0.717) is 24.2 Å². The number of piperidine rings is 1. The number of carbonyl (C=O) groups excluding carboxylic acids is 3. The molecule has 1 aromatic heterocycles. The molecule has 0 bridgehead atoms. The maximum Gasteiger partial charge on any atom is 0.236 e. The Balaban J connectivity index is 1.82. The molecule has 0 unspecified atom stereocenters. The van der Waals surface area contributed by atoms with Crippen molar-refractivity contribution in [2.45, 2.75) is 12.8 Å². The van der Waals surface area contributed by atoms with Crippen LogP contribution in [0.5, 0.6) is 0 Å². The van der Waals surface area contributed by atoms with Gasteiger partial charge in [0.15, 0.2) is 11.6 Å². The van der Waals surface area contributed by atoms with Gasteiger partial charge in [-0.25, -0.2) is 0 Å². The van der Waals surface area contributed by atoms with E-state index in [1.54, 1.807) is 31.4 Å². The molecular formula is C29H31N3O3. The number of ketones is 2. The number of pyridine rings is 1. The number of hydrogen-bond donors (Lipinski definition) is 0. The van der Waals surface area contributed by atoms with Crippen molar-refractivity contribution in [3.05, 3.63) is 101 Å². The van der Waals surface area contributed by atoms with Gasteiger partial charge in [-0.2, -0.15) is 0 Å². The summed E-state index contributed by atoms with van der Waals surface area (Å²) in [6.45, 7) is 2.93. The van der Waals surface area contributed by atoms with E-state index in [1.807, 2.05) is 78.6 Å². The topological polar surface area (TPSA) is 70.6 Å². The molecule has 3 aromatic rings. The van der Waals surface area contributed by atoms with E-state index < -0.39 is 11.8 Å². The van der Waals surface area contributed by atoms with Crippen LogP contribution in [-0.2, 0) is 4.79 Å². The molecule has 4 rings (SSSR count). The molecule has 0 N–H and O–H groups in total. The summed E-state index contributed by atoms with van der Waals surface area (Å²) in [5.41, 5.74) is 3.14. The summed E-state index contributed by atoms with van der Waals surface area (Å²) in [5, 5.41) is 0. The highest BCUT2D eigenvalue weighted by Crippen LogP contribution is 2.41. The van der Waals surface area contributed by atoms with E-state index in [0.717, 1.165) is 11.1 Å². The van der Waals surface area contributed by atoms with Gasteiger partial charge in [0.1, 0.15) is 0 Å². The Morgan fingerprint density at radius 3 is 1.83 bits per heavy atom. The number of aromatic nitrogens is 1. The normalized spacial score (nSPS) is 18.7. The molecule has 1 saturated heterocycles. The number of amides is 1. The standard InChI is InChI=1S/C29H31N3O3/c1-20-16-30-15-14-23(20)27-24(28(34)21-10-6-4-7-11-21)17-32(19-26(33)31(2)3)18-25(27)29(35)22-12-8-5-9-13-22/h4-16,24-25,27H,17-19H2,1-3H3/t24-,25-/m0/s1. The van der Waals surface area contributed by atoms with Crippen LogP contribution in [0.1, 0.15) is 37.8 Å². The van der Waals surface area contributed by atoms with Crippen molar-refractivity contribution < 1.29 is 14.4 Å². The Hall–Kier alpha value is -3.64. The van der Waals surface area contributed by atoms with Gasteiger partial charge in [0.05, 0.1) is 6.54 Å². The fourth-order valence-corrected chi connectivity index (χ4v) is 5.02. The van der Waals surface area contributed by atoms with E-state index in [-0.39, 0.29) is 29.9 Å². The molecule has 0 radical (unpaired) electrons. The lowest BCUT2D eigenvalue weighted by molar-refractivity contribution is -0.130. The first-order chi connectivity index (χ1) is 16.9. The van der Waals surface area contributed by atoms with Gasteiger partial charge in [-0.05, 0) is 24.1 Å². The number of benzene rings is 2. The molecule has 1 aliphatic heterocycles. The number of Topliss-reactive ketones (excluding diaryl/α,β-unsaturated/α-hetero) is 2. The number of likely N-dealkylation sites (N-methyl/N-ethyl adjacent to an activating group) is 1. The molecule has 2 atom stereocenters. The first kappa shape index (κ1) is 24.5. The quantitative estimate of drug-likeness (QED) is 0.491. The molecule has 180 valence electrons. The molecule has 0 aliphatic carbocycles. The molecule has 1 fully saturated rings. The summed E-state index contributed by atoms with van der Waals surface area (Å²) in [7, 11) is 3.43. The zero-order valence-corrected chi connectivity index (χ0v) is 20.4. The van der Waals surface area contributed by atoms with E-state index in [1.165, 1.54) is 0 Å². The van der Waals surface area contributed by atoms with Crippen LogP contribution < -0.4 is 0 Å². The molecule has 1 amide bonds. The SMILES string of the molecule is Cc1cnccc1C1[C@@H](C(=O)c2ccccc2)CN(CC(=O)N(C)C)C[C@@H]1C(=O)c1ccccc1. The van der Waals surface area contributed by atoms with E-state index in [4.69, 9.17) is 0 Å². The lowest BCUT2D eigenvalue weighted by Gasteiger charge is -2.43. The number of rotatable bonds is 7. The maximum atomic E-state index is 13.9. The first-order valence-corrected chi connectivity index (χ1v) is 11.9. The van der Waals surface area contributed by atoms with Crippen LogP contribution in [0, 0.1) is 18.8 Å². The summed E-state index contributed by atoms with van der Waals surface area (Å²) < 4.78 is 0. The van der Waals surface area contributed by atoms with E-state index in [9.17, 15) is 14.4 Å². The summed E-state index contributed by atoms with van der Waals surface area (Å²) in [6, 6.07) is 20.4. The van der Waals surface area contributed by atoms with Gasteiger partial charge >= 0.3 is 0 Å². The third kappa shape index (κ3) is 5.38. The zero-order chi connectivity index (χ0) is 24.9. The molecule has 6 nitrogen and oxygen atoms in total. The first-order valence-electron chi connectivity index (χ1n) is 11.9. The number of hydrogen-bond acceptors (Lipinski definition) is 5. The number of likely N-dealkylation sites (tertiary alicyclic amines) is 1. The molecule has 2 heterocycles.